The van der Waals surface area contributed by atoms with Gasteiger partial charge in [0.05, 0.1) is 17.7 Å². The lowest BCUT2D eigenvalue weighted by atomic mass is 9.99. The molecule has 0 unspecified atom stereocenters. The molecule has 3 atom stereocenters. The molecule has 4 rings (SSSR count). The van der Waals surface area contributed by atoms with Crippen molar-refractivity contribution in [1.29, 1.82) is 0 Å². The van der Waals surface area contributed by atoms with Gasteiger partial charge in [0.2, 0.25) is 5.91 Å². The Morgan fingerprint density at radius 1 is 0.917 bits per heavy atom. The minimum absolute atomic E-state index is 0.151. The number of amides is 2. The number of rotatable bonds is 3. The predicted molar refractivity (Wildman–Crippen MR) is 138 cm³/mol. The molecule has 0 radical (unpaired) electrons. The summed E-state index contributed by atoms with van der Waals surface area (Å²) in [4.78, 5) is 28.9. The molecule has 3 aromatic rings. The molecule has 0 spiro atoms. The van der Waals surface area contributed by atoms with Crippen LogP contribution in [0.15, 0.2) is 91.0 Å². The lowest BCUT2D eigenvalue weighted by Gasteiger charge is -2.30. The van der Waals surface area contributed by atoms with E-state index >= 15 is 0 Å². The second-order valence-corrected chi connectivity index (χ2v) is 9.10. The molecule has 186 valence electrons. The second-order valence-electron chi connectivity index (χ2n) is 9.10. The molecule has 1 aliphatic heterocycles. The standard InChI is InChI=1S/C30H31FN2O3/c1-21-10-6-8-14-26(23-16-18-24(31)19-17-23)32-29(34)27(20-22-11-4-3-5-12-22)33(2)30(35)25-13-7-9-15-28(25)36-21/h3-9,11-13,15-19,21,26-27H,10,14,20H2,1-2H3,(H,32,34)/b8-6+/t21-,26+,27-/m1/s1. The lowest BCUT2D eigenvalue weighted by molar-refractivity contribution is -0.126. The molecule has 0 bridgehead atoms. The van der Waals surface area contributed by atoms with Crippen LogP contribution in [0.25, 0.3) is 0 Å². The van der Waals surface area contributed by atoms with Crippen LogP contribution in [0, 0.1) is 5.82 Å². The number of halogens is 1. The van der Waals surface area contributed by atoms with E-state index in [0.29, 0.717) is 30.6 Å². The Hall–Kier alpha value is -3.93. The van der Waals surface area contributed by atoms with Gasteiger partial charge in [-0.1, -0.05) is 66.7 Å². The molecule has 0 fully saturated rings. The van der Waals surface area contributed by atoms with Crippen molar-refractivity contribution >= 4 is 11.8 Å². The minimum Gasteiger partial charge on any atom is -0.490 e. The number of para-hydroxylation sites is 1. The number of benzene rings is 3. The SMILES string of the molecule is C[C@@H]1C/C=C/C[C@@H](c2ccc(F)cc2)NC(=O)[C@@H](Cc2ccccc2)N(C)C(=O)c2ccccc2O1. The molecule has 1 aliphatic rings. The zero-order valence-electron chi connectivity index (χ0n) is 20.6. The third-order valence-electron chi connectivity index (χ3n) is 6.40. The molecule has 1 heterocycles. The maximum atomic E-state index is 13.7. The Labute approximate surface area is 211 Å². The number of carbonyl (C=O) groups is 2. The van der Waals surface area contributed by atoms with E-state index in [9.17, 15) is 14.0 Å². The highest BCUT2D eigenvalue weighted by atomic mass is 19.1. The third kappa shape index (κ3) is 6.19. The molecule has 0 aliphatic carbocycles. The number of nitrogens with zero attached hydrogens (tertiary/aromatic N) is 1. The molecular weight excluding hydrogens is 455 g/mol. The van der Waals surface area contributed by atoms with E-state index in [-0.39, 0.29) is 29.8 Å². The fourth-order valence-electron chi connectivity index (χ4n) is 4.35. The number of likely N-dealkylation sites (N-methyl/N-ethyl adjacent to an activating group) is 1. The molecule has 36 heavy (non-hydrogen) atoms. The molecule has 2 amide bonds. The van der Waals surface area contributed by atoms with E-state index in [0.717, 1.165) is 11.1 Å². The first kappa shape index (κ1) is 25.2. The van der Waals surface area contributed by atoms with Gasteiger partial charge in [-0.15, -0.1) is 0 Å². The van der Waals surface area contributed by atoms with E-state index in [2.05, 4.69) is 5.32 Å². The van der Waals surface area contributed by atoms with Crippen LogP contribution in [0.1, 0.15) is 47.3 Å². The zero-order chi connectivity index (χ0) is 25.5. The summed E-state index contributed by atoms with van der Waals surface area (Å²) in [5.41, 5.74) is 2.15. The van der Waals surface area contributed by atoms with Gasteiger partial charge < -0.3 is 15.0 Å². The average molecular weight is 487 g/mol. The normalized spacial score (nSPS) is 22.1. The fourth-order valence-corrected chi connectivity index (χ4v) is 4.35. The van der Waals surface area contributed by atoms with Gasteiger partial charge in [-0.2, -0.15) is 0 Å². The van der Waals surface area contributed by atoms with Crippen LogP contribution in [0.2, 0.25) is 0 Å². The van der Waals surface area contributed by atoms with Gasteiger partial charge in [0.1, 0.15) is 17.6 Å². The first-order valence-corrected chi connectivity index (χ1v) is 12.2. The summed E-state index contributed by atoms with van der Waals surface area (Å²) >= 11 is 0. The summed E-state index contributed by atoms with van der Waals surface area (Å²) < 4.78 is 19.7. The molecular formula is C30H31FN2O3. The fraction of sp³-hybridized carbons (Fsp3) is 0.267. The summed E-state index contributed by atoms with van der Waals surface area (Å²) in [6.45, 7) is 1.96. The third-order valence-corrected chi connectivity index (χ3v) is 6.40. The summed E-state index contributed by atoms with van der Waals surface area (Å²) in [7, 11) is 1.65. The Morgan fingerprint density at radius 3 is 2.33 bits per heavy atom. The summed E-state index contributed by atoms with van der Waals surface area (Å²) in [6, 6.07) is 21.8. The smallest absolute Gasteiger partial charge is 0.258 e. The molecule has 3 aromatic carbocycles. The van der Waals surface area contributed by atoms with Crippen LogP contribution in [0.4, 0.5) is 4.39 Å². The summed E-state index contributed by atoms with van der Waals surface area (Å²) in [5, 5.41) is 3.13. The van der Waals surface area contributed by atoms with Gasteiger partial charge in [-0.3, -0.25) is 9.59 Å². The van der Waals surface area contributed by atoms with Gasteiger partial charge in [-0.05, 0) is 48.7 Å². The minimum atomic E-state index is -0.764. The van der Waals surface area contributed by atoms with Gasteiger partial charge in [0.25, 0.3) is 5.91 Å². The van der Waals surface area contributed by atoms with Crippen molar-refractivity contribution in [3.8, 4) is 5.75 Å². The average Bonchev–Trinajstić information content (AvgIpc) is 2.89. The van der Waals surface area contributed by atoms with Crippen molar-refractivity contribution < 1.29 is 18.7 Å². The van der Waals surface area contributed by atoms with Crippen LogP contribution in [-0.2, 0) is 11.2 Å². The van der Waals surface area contributed by atoms with Gasteiger partial charge >= 0.3 is 0 Å². The number of hydrogen-bond donors (Lipinski definition) is 1. The monoisotopic (exact) mass is 486 g/mol. The second kappa shape index (κ2) is 11.7. The molecule has 6 heteroatoms. The highest BCUT2D eigenvalue weighted by Gasteiger charge is 2.31. The highest BCUT2D eigenvalue weighted by Crippen LogP contribution is 2.25. The van der Waals surface area contributed by atoms with E-state index in [1.54, 1.807) is 37.4 Å². The first-order chi connectivity index (χ1) is 17.4. The summed E-state index contributed by atoms with van der Waals surface area (Å²) in [5.74, 6) is -0.408. The molecule has 5 nitrogen and oxygen atoms in total. The lowest BCUT2D eigenvalue weighted by Crippen LogP contribution is -2.49. The molecule has 0 saturated carbocycles. The largest absolute Gasteiger partial charge is 0.490 e. The Morgan fingerprint density at radius 2 is 1.58 bits per heavy atom. The van der Waals surface area contributed by atoms with Gasteiger partial charge in [-0.25, -0.2) is 4.39 Å². The number of fused-ring (bicyclic) bond motifs is 1. The highest BCUT2D eigenvalue weighted by molar-refractivity contribution is 5.99. The van der Waals surface area contributed by atoms with Crippen LogP contribution >= 0.6 is 0 Å². The Bertz CT molecular complexity index is 1210. The number of nitrogens with one attached hydrogen (secondary N) is 1. The van der Waals surface area contributed by atoms with Crippen molar-refractivity contribution in [2.45, 2.75) is 44.4 Å². The topological polar surface area (TPSA) is 58.6 Å². The van der Waals surface area contributed by atoms with Crippen molar-refractivity contribution in [3.05, 3.63) is 114 Å². The maximum Gasteiger partial charge on any atom is 0.258 e. The van der Waals surface area contributed by atoms with Crippen LogP contribution in [0.5, 0.6) is 5.75 Å². The Kier molecular flexibility index (Phi) is 8.16. The van der Waals surface area contributed by atoms with Crippen molar-refractivity contribution in [2.24, 2.45) is 0 Å². The zero-order valence-corrected chi connectivity index (χ0v) is 20.6. The van der Waals surface area contributed by atoms with E-state index in [1.165, 1.54) is 17.0 Å². The van der Waals surface area contributed by atoms with Crippen molar-refractivity contribution in [3.63, 3.8) is 0 Å². The Balaban J connectivity index is 1.73. The van der Waals surface area contributed by atoms with Crippen molar-refractivity contribution in [2.75, 3.05) is 7.05 Å². The number of ether oxygens (including phenoxy) is 1. The molecule has 0 aromatic heterocycles. The quantitative estimate of drug-likeness (QED) is 0.499. The van der Waals surface area contributed by atoms with Gasteiger partial charge in [0.15, 0.2) is 0 Å². The molecule has 0 saturated heterocycles. The van der Waals surface area contributed by atoms with E-state index < -0.39 is 6.04 Å². The van der Waals surface area contributed by atoms with Crippen LogP contribution < -0.4 is 10.1 Å². The van der Waals surface area contributed by atoms with E-state index in [4.69, 9.17) is 4.74 Å². The van der Waals surface area contributed by atoms with Crippen LogP contribution in [-0.4, -0.2) is 35.9 Å². The van der Waals surface area contributed by atoms with E-state index in [1.807, 2.05) is 55.5 Å². The summed E-state index contributed by atoms with van der Waals surface area (Å²) in [6.07, 6.45) is 5.38. The predicted octanol–water partition coefficient (Wildman–Crippen LogP) is 5.48. The van der Waals surface area contributed by atoms with Crippen molar-refractivity contribution in [1.82, 2.24) is 10.2 Å². The number of carbonyl (C=O) groups excluding carboxylic acids is 2. The number of hydrogen-bond acceptors (Lipinski definition) is 3. The molecule has 1 N–H and O–H groups in total. The first-order valence-electron chi connectivity index (χ1n) is 12.2. The maximum absolute atomic E-state index is 13.7. The van der Waals surface area contributed by atoms with Crippen LogP contribution in [0.3, 0.4) is 0 Å². The van der Waals surface area contributed by atoms with Gasteiger partial charge in [0, 0.05) is 19.9 Å².